The van der Waals surface area contributed by atoms with Crippen molar-refractivity contribution in [1.82, 2.24) is 31.2 Å². The zero-order valence-electron chi connectivity index (χ0n) is 25.1. The lowest BCUT2D eigenvalue weighted by molar-refractivity contribution is -0.141. The van der Waals surface area contributed by atoms with Crippen LogP contribution in [0.4, 0.5) is 0 Å². The molecule has 6 N–H and O–H groups in total. The third kappa shape index (κ3) is 12.2. The number of fused-ring (bicyclic) bond motifs is 1. The van der Waals surface area contributed by atoms with Gasteiger partial charge in [0.1, 0.15) is 18.1 Å². The molecule has 1 aromatic heterocycles. The van der Waals surface area contributed by atoms with Crippen LogP contribution in [0.3, 0.4) is 0 Å². The van der Waals surface area contributed by atoms with E-state index in [4.69, 9.17) is 5.11 Å². The molecule has 0 bridgehead atoms. The van der Waals surface area contributed by atoms with E-state index < -0.39 is 66.7 Å². The van der Waals surface area contributed by atoms with E-state index in [0.717, 1.165) is 21.4 Å². The van der Waals surface area contributed by atoms with Crippen molar-refractivity contribution in [2.75, 3.05) is 25.9 Å². The number of H-pyrrole nitrogens is 1. The van der Waals surface area contributed by atoms with Gasteiger partial charge in [0, 0.05) is 48.0 Å². The van der Waals surface area contributed by atoms with Crippen molar-refractivity contribution >= 4 is 68.0 Å². The number of para-hydroxylation sites is 1. The van der Waals surface area contributed by atoms with Crippen LogP contribution in [-0.2, 0) is 35.2 Å². The molecule has 15 heteroatoms. The molecule has 0 aliphatic rings. The van der Waals surface area contributed by atoms with Crippen LogP contribution in [0.1, 0.15) is 40.2 Å². The average Bonchev–Trinajstić information content (AvgIpc) is 3.32. The maximum absolute atomic E-state index is 13.5. The first-order valence-electron chi connectivity index (χ1n) is 13.5. The van der Waals surface area contributed by atoms with E-state index in [0.29, 0.717) is 0 Å². The van der Waals surface area contributed by atoms with E-state index in [1.807, 2.05) is 45.0 Å². The van der Waals surface area contributed by atoms with Gasteiger partial charge < -0.3 is 36.3 Å². The minimum Gasteiger partial charge on any atom is -0.480 e. The number of aliphatic carboxylic acids is 1. The smallest absolute Gasteiger partial charge is 0.325 e. The Morgan fingerprint density at radius 1 is 1.00 bits per heavy atom. The van der Waals surface area contributed by atoms with Crippen molar-refractivity contribution in [3.05, 3.63) is 36.0 Å². The van der Waals surface area contributed by atoms with Crippen LogP contribution in [0.5, 0.6) is 0 Å². The number of aromatic amines is 1. The molecule has 0 radical (unpaired) electrons. The van der Waals surface area contributed by atoms with Crippen molar-refractivity contribution in [1.29, 1.82) is 0 Å². The second kappa shape index (κ2) is 16.2. The first-order valence-corrected chi connectivity index (χ1v) is 15.9. The number of benzene rings is 1. The van der Waals surface area contributed by atoms with Gasteiger partial charge in [-0.1, -0.05) is 60.6 Å². The average molecular weight is 637 g/mol. The third-order valence-corrected chi connectivity index (χ3v) is 9.25. The van der Waals surface area contributed by atoms with Crippen molar-refractivity contribution in [2.45, 2.75) is 63.9 Å². The summed E-state index contributed by atoms with van der Waals surface area (Å²) in [6.07, 6.45) is 1.96. The minimum absolute atomic E-state index is 0.124. The molecule has 43 heavy (non-hydrogen) atoms. The minimum atomic E-state index is -1.22. The molecule has 2 rings (SSSR count). The highest BCUT2D eigenvalue weighted by Gasteiger charge is 2.30. The van der Waals surface area contributed by atoms with E-state index in [2.05, 4.69) is 26.3 Å². The normalized spacial score (nSPS) is 13.3. The molecule has 0 fully saturated rings. The second-order valence-corrected chi connectivity index (χ2v) is 14.1. The number of likely N-dealkylation sites (N-methyl/N-ethyl adjacent to an activating group) is 1. The van der Waals surface area contributed by atoms with Gasteiger partial charge in [-0.15, -0.1) is 0 Å². The molecular weight excluding hydrogens is 596 g/mol. The molecule has 0 aliphatic carbocycles. The number of rotatable bonds is 15. The van der Waals surface area contributed by atoms with Gasteiger partial charge in [0.05, 0.1) is 13.1 Å². The number of carbonyl (C=O) groups is 6. The number of amides is 5. The van der Waals surface area contributed by atoms with Gasteiger partial charge in [-0.2, -0.15) is 0 Å². The van der Waals surface area contributed by atoms with Gasteiger partial charge in [-0.05, 0) is 18.6 Å². The van der Waals surface area contributed by atoms with Crippen LogP contribution in [0, 0.1) is 0 Å². The maximum atomic E-state index is 13.5. The standard InChI is InChI=1S/C28H40N6O7S2/c1-16(27(40)41)31-23(36)13-30-24(37)14-34(6)26(39)22(15-42-43-28(3,4)5)33-25(38)21(32-17(2)35)11-18-12-29-20-10-8-7-9-19(18)20/h7-10,12,16,21-22,29H,11,13-15H2,1-6H3,(H,30,37)(H,31,36)(H,32,35)(H,33,38)(H,40,41)/t16-,21-,22+/m0/s1. The van der Waals surface area contributed by atoms with Crippen LogP contribution < -0.4 is 21.3 Å². The Hall–Kier alpha value is -3.72. The molecule has 2 aromatic rings. The first kappa shape index (κ1) is 35.5. The number of carboxylic acid groups (broad SMARTS) is 1. The zero-order valence-corrected chi connectivity index (χ0v) is 26.7. The quantitative estimate of drug-likeness (QED) is 0.155. The Bertz CT molecular complexity index is 1330. The Balaban J connectivity index is 2.12. The predicted molar refractivity (Wildman–Crippen MR) is 167 cm³/mol. The number of aromatic nitrogens is 1. The van der Waals surface area contributed by atoms with E-state index in [9.17, 15) is 28.8 Å². The topological polar surface area (TPSA) is 190 Å². The molecule has 236 valence electrons. The summed E-state index contributed by atoms with van der Waals surface area (Å²) in [5, 5.41) is 19.8. The fourth-order valence-corrected chi connectivity index (χ4v) is 6.31. The summed E-state index contributed by atoms with van der Waals surface area (Å²) in [4.78, 5) is 78.4. The molecule has 1 heterocycles. The first-order chi connectivity index (χ1) is 20.1. The van der Waals surface area contributed by atoms with Crippen LogP contribution in [0.25, 0.3) is 10.9 Å². The molecule has 5 amide bonds. The molecule has 0 aliphatic heterocycles. The van der Waals surface area contributed by atoms with Gasteiger partial charge in [-0.25, -0.2) is 0 Å². The second-order valence-electron chi connectivity index (χ2n) is 11.0. The molecule has 3 atom stereocenters. The largest absolute Gasteiger partial charge is 0.480 e. The lowest BCUT2D eigenvalue weighted by Crippen LogP contribution is -2.56. The summed E-state index contributed by atoms with van der Waals surface area (Å²) in [5.74, 6) is -3.87. The fraction of sp³-hybridized carbons (Fsp3) is 0.500. The fourth-order valence-electron chi connectivity index (χ4n) is 3.85. The number of nitrogens with one attached hydrogen (secondary N) is 5. The van der Waals surface area contributed by atoms with Crippen LogP contribution in [-0.4, -0.2) is 99.3 Å². The van der Waals surface area contributed by atoms with Gasteiger partial charge in [-0.3, -0.25) is 28.8 Å². The van der Waals surface area contributed by atoms with Crippen molar-refractivity contribution in [2.24, 2.45) is 0 Å². The van der Waals surface area contributed by atoms with Crippen LogP contribution in [0.2, 0.25) is 0 Å². The Labute approximate surface area is 258 Å². The lowest BCUT2D eigenvalue weighted by atomic mass is 10.0. The number of hydrogen-bond acceptors (Lipinski definition) is 8. The summed E-state index contributed by atoms with van der Waals surface area (Å²) in [7, 11) is 4.32. The molecule has 0 unspecified atom stereocenters. The number of hydrogen-bond donors (Lipinski definition) is 6. The summed E-state index contributed by atoms with van der Waals surface area (Å²) >= 11 is 0. The van der Waals surface area contributed by atoms with Gasteiger partial charge >= 0.3 is 5.97 Å². The zero-order chi connectivity index (χ0) is 32.3. The highest BCUT2D eigenvalue weighted by atomic mass is 33.1. The van der Waals surface area contributed by atoms with Crippen molar-refractivity contribution in [3.63, 3.8) is 0 Å². The highest BCUT2D eigenvalue weighted by molar-refractivity contribution is 8.77. The Morgan fingerprint density at radius 3 is 2.30 bits per heavy atom. The van der Waals surface area contributed by atoms with Crippen molar-refractivity contribution < 1.29 is 33.9 Å². The monoisotopic (exact) mass is 636 g/mol. The van der Waals surface area contributed by atoms with Gasteiger partial charge in [0.2, 0.25) is 29.5 Å². The Morgan fingerprint density at radius 2 is 1.67 bits per heavy atom. The summed E-state index contributed by atoms with van der Waals surface area (Å²) < 4.78 is -0.124. The van der Waals surface area contributed by atoms with Crippen LogP contribution >= 0.6 is 21.6 Å². The molecule has 13 nitrogen and oxygen atoms in total. The van der Waals surface area contributed by atoms with Crippen molar-refractivity contribution in [3.8, 4) is 0 Å². The van der Waals surface area contributed by atoms with E-state index in [1.165, 1.54) is 42.5 Å². The maximum Gasteiger partial charge on any atom is 0.325 e. The number of carboxylic acids is 1. The molecule has 0 spiro atoms. The molecule has 0 saturated heterocycles. The summed E-state index contributed by atoms with van der Waals surface area (Å²) in [6.45, 7) is 7.75. The lowest BCUT2D eigenvalue weighted by Gasteiger charge is -2.27. The van der Waals surface area contributed by atoms with E-state index >= 15 is 0 Å². The summed E-state index contributed by atoms with van der Waals surface area (Å²) in [5.41, 5.74) is 1.71. The molecular formula is C28H40N6O7S2. The predicted octanol–water partition coefficient (Wildman–Crippen LogP) is 1.04. The number of nitrogens with zero attached hydrogens (tertiary/aromatic N) is 1. The van der Waals surface area contributed by atoms with E-state index in [1.54, 1.807) is 6.20 Å². The molecule has 1 aromatic carbocycles. The summed E-state index contributed by atoms with van der Waals surface area (Å²) in [6, 6.07) is 4.46. The third-order valence-electron chi connectivity index (χ3n) is 5.90. The Kier molecular flexibility index (Phi) is 13.4. The van der Waals surface area contributed by atoms with E-state index in [-0.39, 0.29) is 16.9 Å². The van der Waals surface area contributed by atoms with Crippen LogP contribution in [0.15, 0.2) is 30.5 Å². The van der Waals surface area contributed by atoms with Gasteiger partial charge in [0.15, 0.2) is 0 Å². The highest BCUT2D eigenvalue weighted by Crippen LogP contribution is 2.35. The number of carbonyl (C=O) groups excluding carboxylic acids is 5. The molecule has 0 saturated carbocycles. The van der Waals surface area contributed by atoms with Gasteiger partial charge in [0.25, 0.3) is 0 Å². The SMILES string of the molecule is CC(=O)N[C@@H](Cc1c[nH]c2ccccc12)C(=O)N[C@H](CSSC(C)(C)C)C(=O)N(C)CC(=O)NCC(=O)N[C@@H](C)C(=O)O.